The van der Waals surface area contributed by atoms with Gasteiger partial charge in [-0.15, -0.1) is 6.58 Å². The molecule has 0 atom stereocenters. The lowest BCUT2D eigenvalue weighted by Gasteiger charge is -2.18. The molecule has 1 aromatic rings. The van der Waals surface area contributed by atoms with Gasteiger partial charge in [0.2, 0.25) is 0 Å². The standard InChI is InChI=1S/C16H21NO/c1-3-11-17(2)12-13-7-6-9-15-14(13)8-4-5-10-16(15)18/h3,6-7,9H,1,4-5,8,10-12H2,2H3. The summed E-state index contributed by atoms with van der Waals surface area (Å²) < 4.78 is 0. The van der Waals surface area contributed by atoms with Gasteiger partial charge in [0.1, 0.15) is 0 Å². The predicted molar refractivity (Wildman–Crippen MR) is 74.9 cm³/mol. The molecule has 0 spiro atoms. The van der Waals surface area contributed by atoms with Gasteiger partial charge in [0.05, 0.1) is 0 Å². The molecule has 0 aliphatic heterocycles. The third-order valence-corrected chi connectivity index (χ3v) is 3.54. The summed E-state index contributed by atoms with van der Waals surface area (Å²) >= 11 is 0. The maximum absolute atomic E-state index is 12.0. The van der Waals surface area contributed by atoms with Crippen LogP contribution in [0.1, 0.15) is 40.7 Å². The van der Waals surface area contributed by atoms with E-state index in [1.807, 2.05) is 18.2 Å². The second-order valence-electron chi connectivity index (χ2n) is 5.06. The fourth-order valence-electron chi connectivity index (χ4n) is 2.64. The molecule has 18 heavy (non-hydrogen) atoms. The van der Waals surface area contributed by atoms with E-state index in [0.717, 1.165) is 37.9 Å². The Labute approximate surface area is 109 Å². The van der Waals surface area contributed by atoms with Crippen molar-refractivity contribution in [1.82, 2.24) is 4.90 Å². The topological polar surface area (TPSA) is 20.3 Å². The highest BCUT2D eigenvalue weighted by atomic mass is 16.1. The molecule has 2 heteroatoms. The fourth-order valence-corrected chi connectivity index (χ4v) is 2.64. The summed E-state index contributed by atoms with van der Waals surface area (Å²) in [5.74, 6) is 0.315. The van der Waals surface area contributed by atoms with Crippen LogP contribution in [0, 0.1) is 0 Å². The highest BCUT2D eigenvalue weighted by Gasteiger charge is 2.18. The minimum absolute atomic E-state index is 0.315. The van der Waals surface area contributed by atoms with E-state index in [0.29, 0.717) is 12.2 Å². The van der Waals surface area contributed by atoms with Crippen LogP contribution in [0.25, 0.3) is 0 Å². The number of ketones is 1. The molecule has 2 rings (SSSR count). The zero-order chi connectivity index (χ0) is 13.0. The molecular formula is C16H21NO. The van der Waals surface area contributed by atoms with Gasteiger partial charge in [-0.1, -0.05) is 24.3 Å². The van der Waals surface area contributed by atoms with E-state index < -0.39 is 0 Å². The van der Waals surface area contributed by atoms with Crippen LogP contribution in [0.15, 0.2) is 30.9 Å². The number of carbonyl (C=O) groups excluding carboxylic acids is 1. The number of benzene rings is 1. The molecular weight excluding hydrogens is 222 g/mol. The SMILES string of the molecule is C=CCN(C)Cc1cccc2c1CCCCC2=O. The summed E-state index contributed by atoms with van der Waals surface area (Å²) in [5, 5.41) is 0. The third kappa shape index (κ3) is 2.88. The molecule has 0 saturated heterocycles. The van der Waals surface area contributed by atoms with E-state index in [-0.39, 0.29) is 0 Å². The first-order valence-corrected chi connectivity index (χ1v) is 6.65. The smallest absolute Gasteiger partial charge is 0.163 e. The lowest BCUT2D eigenvalue weighted by molar-refractivity contribution is 0.0982. The maximum atomic E-state index is 12.0. The number of likely N-dealkylation sites (N-methyl/N-ethyl adjacent to an activating group) is 1. The van der Waals surface area contributed by atoms with Gasteiger partial charge in [0.15, 0.2) is 5.78 Å². The molecule has 1 aliphatic rings. The molecule has 0 N–H and O–H groups in total. The number of hydrogen-bond donors (Lipinski definition) is 0. The highest BCUT2D eigenvalue weighted by molar-refractivity contribution is 5.98. The average molecular weight is 243 g/mol. The second kappa shape index (κ2) is 5.96. The first kappa shape index (κ1) is 13.0. The quantitative estimate of drug-likeness (QED) is 0.598. The summed E-state index contributed by atoms with van der Waals surface area (Å²) in [7, 11) is 2.08. The van der Waals surface area contributed by atoms with Crippen molar-refractivity contribution in [3.63, 3.8) is 0 Å². The van der Waals surface area contributed by atoms with Gasteiger partial charge in [0.25, 0.3) is 0 Å². The van der Waals surface area contributed by atoms with Crippen molar-refractivity contribution in [1.29, 1.82) is 0 Å². The van der Waals surface area contributed by atoms with E-state index in [1.54, 1.807) is 0 Å². The van der Waals surface area contributed by atoms with Crippen LogP contribution in [0.5, 0.6) is 0 Å². The Morgan fingerprint density at radius 3 is 2.89 bits per heavy atom. The van der Waals surface area contributed by atoms with Crippen molar-refractivity contribution in [2.24, 2.45) is 0 Å². The molecule has 1 aliphatic carbocycles. The van der Waals surface area contributed by atoms with E-state index in [2.05, 4.69) is 24.6 Å². The Balaban J connectivity index is 2.28. The van der Waals surface area contributed by atoms with Crippen LogP contribution >= 0.6 is 0 Å². The van der Waals surface area contributed by atoms with Crippen molar-refractivity contribution < 1.29 is 4.79 Å². The molecule has 2 nitrogen and oxygen atoms in total. The molecule has 0 radical (unpaired) electrons. The Morgan fingerprint density at radius 2 is 2.11 bits per heavy atom. The van der Waals surface area contributed by atoms with Crippen molar-refractivity contribution in [3.05, 3.63) is 47.5 Å². The van der Waals surface area contributed by atoms with Gasteiger partial charge in [-0.3, -0.25) is 9.69 Å². The van der Waals surface area contributed by atoms with Gasteiger partial charge in [0, 0.05) is 25.1 Å². The number of hydrogen-bond acceptors (Lipinski definition) is 2. The predicted octanol–water partition coefficient (Wildman–Crippen LogP) is 3.21. The second-order valence-corrected chi connectivity index (χ2v) is 5.06. The van der Waals surface area contributed by atoms with Gasteiger partial charge in [-0.05, 0) is 37.4 Å². The summed E-state index contributed by atoms with van der Waals surface area (Å²) in [6.45, 7) is 5.53. The monoisotopic (exact) mass is 243 g/mol. The molecule has 0 aromatic heterocycles. The van der Waals surface area contributed by atoms with Crippen LogP contribution in [-0.4, -0.2) is 24.3 Å². The Hall–Kier alpha value is -1.41. The first-order chi connectivity index (χ1) is 8.72. The molecule has 0 heterocycles. The summed E-state index contributed by atoms with van der Waals surface area (Å²) in [6.07, 6.45) is 5.81. The van der Waals surface area contributed by atoms with E-state index in [4.69, 9.17) is 0 Å². The minimum Gasteiger partial charge on any atom is -0.298 e. The van der Waals surface area contributed by atoms with Gasteiger partial charge in [-0.25, -0.2) is 0 Å². The lowest BCUT2D eigenvalue weighted by Crippen LogP contribution is -2.19. The van der Waals surface area contributed by atoms with Gasteiger partial charge < -0.3 is 0 Å². The minimum atomic E-state index is 0.315. The summed E-state index contributed by atoms with van der Waals surface area (Å²) in [5.41, 5.74) is 3.53. The maximum Gasteiger partial charge on any atom is 0.163 e. The van der Waals surface area contributed by atoms with Gasteiger partial charge in [-0.2, -0.15) is 0 Å². The Kier molecular flexibility index (Phi) is 4.32. The Morgan fingerprint density at radius 1 is 1.33 bits per heavy atom. The molecule has 0 saturated carbocycles. The van der Waals surface area contributed by atoms with Crippen molar-refractivity contribution in [2.45, 2.75) is 32.2 Å². The van der Waals surface area contributed by atoms with Crippen LogP contribution in [0.2, 0.25) is 0 Å². The number of rotatable bonds is 4. The Bertz CT molecular complexity index is 450. The number of carbonyl (C=O) groups is 1. The number of fused-ring (bicyclic) bond motifs is 1. The largest absolute Gasteiger partial charge is 0.298 e. The highest BCUT2D eigenvalue weighted by Crippen LogP contribution is 2.24. The van der Waals surface area contributed by atoms with Crippen LogP contribution < -0.4 is 0 Å². The summed E-state index contributed by atoms with van der Waals surface area (Å²) in [4.78, 5) is 14.3. The molecule has 0 unspecified atom stereocenters. The molecule has 0 bridgehead atoms. The van der Waals surface area contributed by atoms with Crippen molar-refractivity contribution in [3.8, 4) is 0 Å². The van der Waals surface area contributed by atoms with E-state index in [1.165, 1.54) is 11.1 Å². The first-order valence-electron chi connectivity index (χ1n) is 6.65. The van der Waals surface area contributed by atoms with Crippen LogP contribution in [-0.2, 0) is 13.0 Å². The zero-order valence-corrected chi connectivity index (χ0v) is 11.1. The van der Waals surface area contributed by atoms with Crippen molar-refractivity contribution in [2.75, 3.05) is 13.6 Å². The molecule has 0 amide bonds. The van der Waals surface area contributed by atoms with E-state index in [9.17, 15) is 4.79 Å². The zero-order valence-electron chi connectivity index (χ0n) is 11.1. The van der Waals surface area contributed by atoms with Crippen molar-refractivity contribution >= 4 is 5.78 Å². The number of Topliss-reactive ketones (excluding diaryl/α,β-unsaturated/α-hetero) is 1. The third-order valence-electron chi connectivity index (χ3n) is 3.54. The fraction of sp³-hybridized carbons (Fsp3) is 0.438. The van der Waals surface area contributed by atoms with E-state index >= 15 is 0 Å². The number of nitrogens with zero attached hydrogens (tertiary/aromatic N) is 1. The molecule has 1 aromatic carbocycles. The van der Waals surface area contributed by atoms with Crippen LogP contribution in [0.4, 0.5) is 0 Å². The van der Waals surface area contributed by atoms with Crippen LogP contribution in [0.3, 0.4) is 0 Å². The van der Waals surface area contributed by atoms with Gasteiger partial charge >= 0.3 is 0 Å². The average Bonchev–Trinajstić information content (AvgIpc) is 2.53. The normalized spacial score (nSPS) is 15.3. The summed E-state index contributed by atoms with van der Waals surface area (Å²) in [6, 6.07) is 6.15. The molecule has 96 valence electrons. The lowest BCUT2D eigenvalue weighted by atomic mass is 9.96. The molecule has 0 fully saturated rings.